The molecular formula is C10H13ClN2O. The maximum absolute atomic E-state index is 5.83. The molecule has 1 fully saturated rings. The van der Waals surface area contributed by atoms with Gasteiger partial charge in [0.05, 0.1) is 0 Å². The van der Waals surface area contributed by atoms with Crippen LogP contribution in [0, 0.1) is 6.92 Å². The van der Waals surface area contributed by atoms with Crippen LogP contribution in [0.15, 0.2) is 12.1 Å². The van der Waals surface area contributed by atoms with Gasteiger partial charge in [0, 0.05) is 24.4 Å². The summed E-state index contributed by atoms with van der Waals surface area (Å²) < 4.78 is 5.75. The van der Waals surface area contributed by atoms with E-state index in [0.29, 0.717) is 5.15 Å². The Balaban J connectivity index is 2.07. The van der Waals surface area contributed by atoms with Crippen molar-refractivity contribution in [2.75, 3.05) is 13.1 Å². The maximum Gasteiger partial charge on any atom is 0.133 e. The van der Waals surface area contributed by atoms with E-state index in [0.717, 1.165) is 31.0 Å². The summed E-state index contributed by atoms with van der Waals surface area (Å²) in [6.45, 7) is 3.85. The summed E-state index contributed by atoms with van der Waals surface area (Å²) in [5.74, 6) is 0.816. The molecule has 1 aliphatic rings. The first-order chi connectivity index (χ1) is 6.74. The first-order valence-electron chi connectivity index (χ1n) is 4.75. The molecule has 2 heterocycles. The smallest absolute Gasteiger partial charge is 0.133 e. The van der Waals surface area contributed by atoms with Gasteiger partial charge in [0.15, 0.2) is 0 Å². The van der Waals surface area contributed by atoms with E-state index in [1.165, 1.54) is 0 Å². The van der Waals surface area contributed by atoms with E-state index < -0.39 is 0 Å². The number of ether oxygens (including phenoxy) is 1. The highest BCUT2D eigenvalue weighted by molar-refractivity contribution is 6.29. The van der Waals surface area contributed by atoms with Crippen molar-refractivity contribution < 1.29 is 4.74 Å². The summed E-state index contributed by atoms with van der Waals surface area (Å²) in [6.07, 6.45) is 1.33. The minimum atomic E-state index is 0.271. The van der Waals surface area contributed by atoms with E-state index in [1.54, 1.807) is 6.07 Å². The molecule has 0 bridgehead atoms. The molecular weight excluding hydrogens is 200 g/mol. The summed E-state index contributed by atoms with van der Waals surface area (Å²) in [7, 11) is 0. The molecule has 1 saturated heterocycles. The lowest BCUT2D eigenvalue weighted by Crippen LogP contribution is -2.19. The highest BCUT2D eigenvalue weighted by Crippen LogP contribution is 2.19. The summed E-state index contributed by atoms with van der Waals surface area (Å²) in [5.41, 5.74) is 0.887. The van der Waals surface area contributed by atoms with Crippen molar-refractivity contribution in [3.63, 3.8) is 0 Å². The Morgan fingerprint density at radius 3 is 3.07 bits per heavy atom. The molecule has 0 aromatic carbocycles. The van der Waals surface area contributed by atoms with Crippen molar-refractivity contribution in [2.24, 2.45) is 0 Å². The van der Waals surface area contributed by atoms with Crippen LogP contribution in [0.5, 0.6) is 5.75 Å². The van der Waals surface area contributed by atoms with Crippen LogP contribution in [0.3, 0.4) is 0 Å². The van der Waals surface area contributed by atoms with E-state index in [-0.39, 0.29) is 6.10 Å². The van der Waals surface area contributed by atoms with Gasteiger partial charge >= 0.3 is 0 Å². The van der Waals surface area contributed by atoms with Crippen molar-refractivity contribution in [3.05, 3.63) is 23.0 Å². The van der Waals surface area contributed by atoms with E-state index in [2.05, 4.69) is 10.3 Å². The number of nitrogens with zero attached hydrogens (tertiary/aromatic N) is 1. The quantitative estimate of drug-likeness (QED) is 0.759. The normalized spacial score (nSPS) is 21.1. The number of aromatic nitrogens is 1. The van der Waals surface area contributed by atoms with Crippen molar-refractivity contribution in [1.29, 1.82) is 0 Å². The van der Waals surface area contributed by atoms with Gasteiger partial charge in [-0.2, -0.15) is 0 Å². The predicted molar refractivity (Wildman–Crippen MR) is 55.9 cm³/mol. The first-order valence-corrected chi connectivity index (χ1v) is 5.13. The fourth-order valence-corrected chi connectivity index (χ4v) is 1.83. The van der Waals surface area contributed by atoms with Crippen LogP contribution in [0.2, 0.25) is 5.15 Å². The van der Waals surface area contributed by atoms with Gasteiger partial charge in [-0.15, -0.1) is 0 Å². The highest BCUT2D eigenvalue weighted by Gasteiger charge is 2.16. The third-order valence-corrected chi connectivity index (χ3v) is 2.41. The Bertz CT molecular complexity index is 304. The van der Waals surface area contributed by atoms with E-state index in [1.807, 2.05) is 13.0 Å². The molecule has 1 aromatic heterocycles. The fourth-order valence-electron chi connectivity index (χ4n) is 1.59. The largest absolute Gasteiger partial charge is 0.489 e. The van der Waals surface area contributed by atoms with Crippen LogP contribution in [0.4, 0.5) is 0 Å². The monoisotopic (exact) mass is 212 g/mol. The third kappa shape index (κ3) is 2.36. The molecule has 0 radical (unpaired) electrons. The summed E-state index contributed by atoms with van der Waals surface area (Å²) in [6, 6.07) is 3.66. The Kier molecular flexibility index (Phi) is 2.89. The molecule has 1 aliphatic heterocycles. The molecule has 76 valence electrons. The van der Waals surface area contributed by atoms with Gasteiger partial charge in [-0.3, -0.25) is 0 Å². The Hall–Kier alpha value is -0.800. The van der Waals surface area contributed by atoms with Crippen LogP contribution in [0.1, 0.15) is 12.1 Å². The van der Waals surface area contributed by atoms with E-state index in [9.17, 15) is 0 Å². The number of pyridine rings is 1. The van der Waals surface area contributed by atoms with Gasteiger partial charge < -0.3 is 10.1 Å². The molecule has 0 spiro atoms. The lowest BCUT2D eigenvalue weighted by Gasteiger charge is -2.12. The van der Waals surface area contributed by atoms with Crippen molar-refractivity contribution in [3.8, 4) is 5.75 Å². The van der Waals surface area contributed by atoms with Gasteiger partial charge in [-0.25, -0.2) is 4.98 Å². The predicted octanol–water partition coefficient (Wildman–Crippen LogP) is 1.78. The summed E-state index contributed by atoms with van der Waals surface area (Å²) >= 11 is 5.83. The molecule has 1 aromatic rings. The Morgan fingerprint density at radius 1 is 1.57 bits per heavy atom. The molecule has 0 saturated carbocycles. The molecule has 4 heteroatoms. The molecule has 0 amide bonds. The number of nitrogens with one attached hydrogen (secondary N) is 1. The Labute approximate surface area is 88.4 Å². The number of aryl methyl sites for hydroxylation is 1. The zero-order valence-corrected chi connectivity index (χ0v) is 8.84. The standard InChI is InChI=1S/C10H13ClN2O/c1-7-4-9(5-10(11)13-7)14-8-2-3-12-6-8/h4-5,8,12H,2-3,6H2,1H3. The highest BCUT2D eigenvalue weighted by atomic mass is 35.5. The molecule has 1 atom stereocenters. The minimum Gasteiger partial charge on any atom is -0.489 e. The fraction of sp³-hybridized carbons (Fsp3) is 0.500. The lowest BCUT2D eigenvalue weighted by molar-refractivity contribution is 0.222. The topological polar surface area (TPSA) is 34.1 Å². The maximum atomic E-state index is 5.83. The van der Waals surface area contributed by atoms with Crippen LogP contribution >= 0.6 is 11.6 Å². The van der Waals surface area contributed by atoms with Gasteiger partial charge in [0.2, 0.25) is 0 Å². The molecule has 3 nitrogen and oxygen atoms in total. The van der Waals surface area contributed by atoms with E-state index >= 15 is 0 Å². The number of hydrogen-bond donors (Lipinski definition) is 1. The first kappa shape index (κ1) is 9.74. The molecule has 0 aliphatic carbocycles. The average molecular weight is 213 g/mol. The third-order valence-electron chi connectivity index (χ3n) is 2.21. The second kappa shape index (κ2) is 4.15. The molecule has 1 unspecified atom stereocenters. The van der Waals surface area contributed by atoms with Crippen molar-refractivity contribution >= 4 is 11.6 Å². The number of rotatable bonds is 2. The minimum absolute atomic E-state index is 0.271. The second-order valence-corrected chi connectivity index (χ2v) is 3.89. The number of halogens is 1. The SMILES string of the molecule is Cc1cc(OC2CCNC2)cc(Cl)n1. The average Bonchev–Trinajstić information content (AvgIpc) is 2.54. The number of hydrogen-bond acceptors (Lipinski definition) is 3. The van der Waals surface area contributed by atoms with Crippen molar-refractivity contribution in [1.82, 2.24) is 10.3 Å². The van der Waals surface area contributed by atoms with Crippen LogP contribution in [-0.4, -0.2) is 24.2 Å². The van der Waals surface area contributed by atoms with Gasteiger partial charge in [0.25, 0.3) is 0 Å². The van der Waals surface area contributed by atoms with Gasteiger partial charge in [-0.1, -0.05) is 11.6 Å². The summed E-state index contributed by atoms with van der Waals surface area (Å²) in [4.78, 5) is 4.08. The zero-order valence-electron chi connectivity index (χ0n) is 8.09. The van der Waals surface area contributed by atoms with Crippen LogP contribution in [0.25, 0.3) is 0 Å². The lowest BCUT2D eigenvalue weighted by atomic mass is 10.3. The Morgan fingerprint density at radius 2 is 2.43 bits per heavy atom. The second-order valence-electron chi connectivity index (χ2n) is 3.50. The molecule has 2 rings (SSSR count). The molecule has 1 N–H and O–H groups in total. The molecule has 14 heavy (non-hydrogen) atoms. The van der Waals surface area contributed by atoms with Crippen molar-refractivity contribution in [2.45, 2.75) is 19.4 Å². The summed E-state index contributed by atoms with van der Waals surface area (Å²) in [5, 5.41) is 3.74. The zero-order chi connectivity index (χ0) is 9.97. The van der Waals surface area contributed by atoms with Gasteiger partial charge in [0.1, 0.15) is 17.0 Å². The van der Waals surface area contributed by atoms with Gasteiger partial charge in [-0.05, 0) is 19.9 Å². The van der Waals surface area contributed by atoms with Crippen LogP contribution in [-0.2, 0) is 0 Å². The van der Waals surface area contributed by atoms with Crippen LogP contribution < -0.4 is 10.1 Å². The van der Waals surface area contributed by atoms with E-state index in [4.69, 9.17) is 16.3 Å².